The van der Waals surface area contributed by atoms with E-state index in [0.29, 0.717) is 60.3 Å². The maximum absolute atomic E-state index is 14.0. The van der Waals surface area contributed by atoms with E-state index in [1.165, 1.54) is 11.7 Å². The molecule has 0 N–H and O–H groups in total. The molecule has 234 valence electrons. The van der Waals surface area contributed by atoms with Gasteiger partial charge in [-0.15, -0.1) is 0 Å². The van der Waals surface area contributed by atoms with Crippen molar-refractivity contribution in [3.63, 3.8) is 0 Å². The zero-order valence-corrected chi connectivity index (χ0v) is 27.0. The van der Waals surface area contributed by atoms with Gasteiger partial charge in [0, 0.05) is 11.6 Å². The van der Waals surface area contributed by atoms with Gasteiger partial charge in [0.15, 0.2) is 22.9 Å². The monoisotopic (exact) mass is 670 g/mol. The van der Waals surface area contributed by atoms with E-state index in [-0.39, 0.29) is 24.3 Å². The molecular formula is C32H28Cl2N2O8S. The van der Waals surface area contributed by atoms with E-state index in [0.717, 1.165) is 16.9 Å². The van der Waals surface area contributed by atoms with Crippen LogP contribution in [0.3, 0.4) is 0 Å². The number of halogens is 2. The van der Waals surface area contributed by atoms with Crippen molar-refractivity contribution in [1.29, 1.82) is 0 Å². The fourth-order valence-electron chi connectivity index (χ4n) is 4.75. The van der Waals surface area contributed by atoms with Gasteiger partial charge in [-0.05, 0) is 68.8 Å². The Hall–Kier alpha value is -4.32. The zero-order chi connectivity index (χ0) is 32.2. The molecule has 4 aromatic rings. The molecule has 0 radical (unpaired) electrons. The maximum atomic E-state index is 14.0. The van der Waals surface area contributed by atoms with Crippen LogP contribution in [-0.4, -0.2) is 43.4 Å². The molecule has 0 spiro atoms. The van der Waals surface area contributed by atoms with E-state index in [9.17, 15) is 14.4 Å². The molecule has 0 fully saturated rings. The molecule has 2 aromatic heterocycles. The van der Waals surface area contributed by atoms with Crippen molar-refractivity contribution < 1.29 is 33.0 Å². The lowest BCUT2D eigenvalue weighted by Crippen LogP contribution is -2.40. The molecule has 13 heteroatoms. The number of hydrogen-bond donors (Lipinski definition) is 0. The fourth-order valence-corrected chi connectivity index (χ4v) is 6.07. The Morgan fingerprint density at radius 3 is 2.53 bits per heavy atom. The van der Waals surface area contributed by atoms with Crippen LogP contribution in [0.5, 0.6) is 11.5 Å². The molecule has 45 heavy (non-hydrogen) atoms. The summed E-state index contributed by atoms with van der Waals surface area (Å²) in [6.07, 6.45) is 1.63. The van der Waals surface area contributed by atoms with Crippen molar-refractivity contribution in [2.75, 3.05) is 26.9 Å². The summed E-state index contributed by atoms with van der Waals surface area (Å²) >= 11 is 13.4. The predicted molar refractivity (Wildman–Crippen MR) is 170 cm³/mol. The van der Waals surface area contributed by atoms with Crippen molar-refractivity contribution in [3.8, 4) is 22.8 Å². The minimum atomic E-state index is -0.889. The van der Waals surface area contributed by atoms with Crippen LogP contribution in [0.15, 0.2) is 74.0 Å². The lowest BCUT2D eigenvalue weighted by Gasteiger charge is -2.25. The molecular weight excluding hydrogens is 643 g/mol. The molecule has 0 bridgehead atoms. The minimum Gasteiger partial charge on any atom is -0.490 e. The van der Waals surface area contributed by atoms with Gasteiger partial charge >= 0.3 is 11.9 Å². The van der Waals surface area contributed by atoms with Gasteiger partial charge in [-0.2, -0.15) is 0 Å². The molecule has 5 rings (SSSR count). The summed E-state index contributed by atoms with van der Waals surface area (Å²) in [5.41, 5.74) is 1.52. The Kier molecular flexibility index (Phi) is 9.81. The highest BCUT2D eigenvalue weighted by Gasteiger charge is 2.34. The zero-order valence-electron chi connectivity index (χ0n) is 24.7. The lowest BCUT2D eigenvalue weighted by atomic mass is 9.95. The van der Waals surface area contributed by atoms with Gasteiger partial charge in [0.2, 0.25) is 0 Å². The maximum Gasteiger partial charge on any atom is 0.343 e. The number of methoxy groups -OCH3 is 1. The number of ether oxygens (including phenoxy) is 4. The Morgan fingerprint density at radius 2 is 1.82 bits per heavy atom. The molecule has 0 unspecified atom stereocenters. The lowest BCUT2D eigenvalue weighted by molar-refractivity contribution is -0.143. The number of carbonyl (C=O) groups is 2. The van der Waals surface area contributed by atoms with Crippen molar-refractivity contribution in [3.05, 3.63) is 101 Å². The topological polar surface area (TPSA) is 119 Å². The van der Waals surface area contributed by atoms with Crippen LogP contribution >= 0.6 is 34.5 Å². The van der Waals surface area contributed by atoms with E-state index in [1.54, 1.807) is 75.4 Å². The molecule has 2 aromatic carbocycles. The normalized spacial score (nSPS) is 14.5. The number of nitrogens with zero attached hydrogens (tertiary/aromatic N) is 2. The highest BCUT2D eigenvalue weighted by Crippen LogP contribution is 2.36. The molecule has 0 saturated heterocycles. The van der Waals surface area contributed by atoms with Gasteiger partial charge in [0.1, 0.15) is 11.5 Å². The van der Waals surface area contributed by atoms with Crippen LogP contribution in [0.4, 0.5) is 0 Å². The van der Waals surface area contributed by atoms with Crippen molar-refractivity contribution in [1.82, 2.24) is 4.57 Å². The molecule has 1 aliphatic rings. The first-order valence-corrected chi connectivity index (χ1v) is 15.4. The van der Waals surface area contributed by atoms with Gasteiger partial charge < -0.3 is 23.4 Å². The van der Waals surface area contributed by atoms with Crippen LogP contribution in [0.2, 0.25) is 10.0 Å². The summed E-state index contributed by atoms with van der Waals surface area (Å²) in [6, 6.07) is 12.8. The highest BCUT2D eigenvalue weighted by atomic mass is 35.5. The number of fused-ring (bicyclic) bond motifs is 1. The smallest absolute Gasteiger partial charge is 0.343 e. The fraction of sp³-hybridized carbons (Fsp3) is 0.250. The average molecular weight is 672 g/mol. The third-order valence-electron chi connectivity index (χ3n) is 6.78. The number of carbonyl (C=O) groups excluding carboxylic acids is 2. The van der Waals surface area contributed by atoms with Crippen molar-refractivity contribution in [2.45, 2.75) is 26.8 Å². The number of furan rings is 1. The van der Waals surface area contributed by atoms with Crippen LogP contribution in [0.25, 0.3) is 17.4 Å². The van der Waals surface area contributed by atoms with E-state index in [1.807, 2.05) is 0 Å². The number of rotatable bonds is 10. The van der Waals surface area contributed by atoms with Crippen LogP contribution in [0, 0.1) is 0 Å². The van der Waals surface area contributed by atoms with E-state index >= 15 is 0 Å². The Labute approximate surface area is 271 Å². The third-order valence-corrected chi connectivity index (χ3v) is 8.50. The summed E-state index contributed by atoms with van der Waals surface area (Å²) in [5, 5.41) is 0.820. The van der Waals surface area contributed by atoms with E-state index in [2.05, 4.69) is 9.73 Å². The molecule has 3 heterocycles. The quantitative estimate of drug-likeness (QED) is 0.208. The largest absolute Gasteiger partial charge is 0.490 e. The first kappa shape index (κ1) is 32.1. The average Bonchev–Trinajstić information content (AvgIpc) is 3.61. The number of allylic oxidation sites excluding steroid dienone is 1. The number of aromatic nitrogens is 1. The molecule has 0 amide bonds. The first-order chi connectivity index (χ1) is 21.6. The molecule has 0 saturated carbocycles. The van der Waals surface area contributed by atoms with Gasteiger partial charge in [-0.3, -0.25) is 9.36 Å². The molecule has 1 aliphatic heterocycles. The van der Waals surface area contributed by atoms with Gasteiger partial charge in [0.25, 0.3) is 5.56 Å². The third kappa shape index (κ3) is 6.70. The molecule has 0 aliphatic carbocycles. The summed E-state index contributed by atoms with van der Waals surface area (Å²) in [4.78, 5) is 44.0. The summed E-state index contributed by atoms with van der Waals surface area (Å²) in [5.74, 6) is 0.447. The second kappa shape index (κ2) is 13.8. The molecule has 10 nitrogen and oxygen atoms in total. The Bertz CT molecular complexity index is 1990. The van der Waals surface area contributed by atoms with E-state index < -0.39 is 18.0 Å². The first-order valence-electron chi connectivity index (χ1n) is 13.9. The standard InChI is InChI=1S/C32H28Cl2N2O8S/c1-5-41-25-14-19(8-11-24(25)43-16-27(37)40-4)29-28(31(39)42-6-2)17(3)35-32-36(29)30(38)26(45-32)15-20-9-12-23(44-20)18-7-10-21(33)22(34)13-18/h7-15,29H,5-6,16H2,1-4H3/b26-15+/t29-/m0/s1. The van der Waals surface area contributed by atoms with E-state index in [4.69, 9.17) is 41.8 Å². The van der Waals surface area contributed by atoms with Gasteiger partial charge in [0.05, 0.1) is 52.2 Å². The Morgan fingerprint density at radius 1 is 1.02 bits per heavy atom. The van der Waals surface area contributed by atoms with Crippen molar-refractivity contribution >= 4 is 52.6 Å². The number of thiazole rings is 1. The van der Waals surface area contributed by atoms with Crippen LogP contribution in [-0.2, 0) is 19.1 Å². The van der Waals surface area contributed by atoms with Gasteiger partial charge in [-0.1, -0.05) is 40.6 Å². The van der Waals surface area contributed by atoms with Crippen LogP contribution < -0.4 is 24.4 Å². The SMILES string of the molecule is CCOC(=O)C1=C(C)N=c2s/c(=C/c3ccc(-c4ccc(Cl)c(Cl)c4)o3)c(=O)n2[C@H]1c1ccc(OCC(=O)OC)c(OCC)c1. The number of hydrogen-bond acceptors (Lipinski definition) is 10. The Balaban J connectivity index is 1.61. The summed E-state index contributed by atoms with van der Waals surface area (Å²) in [6.45, 7) is 5.32. The van der Waals surface area contributed by atoms with Crippen molar-refractivity contribution in [2.24, 2.45) is 4.99 Å². The second-order valence-corrected chi connectivity index (χ2v) is 11.5. The number of benzene rings is 2. The second-order valence-electron chi connectivity index (χ2n) is 9.64. The predicted octanol–water partition coefficient (Wildman–Crippen LogP) is 5.32. The number of esters is 2. The highest BCUT2D eigenvalue weighted by molar-refractivity contribution is 7.07. The van der Waals surface area contributed by atoms with Gasteiger partial charge in [-0.25, -0.2) is 14.6 Å². The summed E-state index contributed by atoms with van der Waals surface area (Å²) in [7, 11) is 1.26. The van der Waals surface area contributed by atoms with Crippen LogP contribution in [0.1, 0.15) is 38.1 Å². The summed E-state index contributed by atoms with van der Waals surface area (Å²) < 4.78 is 29.3. The minimum absolute atomic E-state index is 0.136. The molecule has 1 atom stereocenters.